The van der Waals surface area contributed by atoms with Gasteiger partial charge in [-0.2, -0.15) is 0 Å². The van der Waals surface area contributed by atoms with Gasteiger partial charge in [0.1, 0.15) is 0 Å². The smallest absolute Gasteiger partial charge is 0.319 e. The van der Waals surface area contributed by atoms with E-state index in [1.54, 1.807) is 18.2 Å². The van der Waals surface area contributed by atoms with Crippen molar-refractivity contribution in [3.8, 4) is 5.75 Å². The first kappa shape index (κ1) is 14.6. The molecule has 0 fully saturated rings. The average Bonchev–Trinajstić information content (AvgIpc) is 2.34. The molecule has 0 spiro atoms. The van der Waals surface area contributed by atoms with Gasteiger partial charge in [0.05, 0.1) is 17.3 Å². The number of aliphatic hydroxyl groups excluding tert-OH is 1. The minimum atomic E-state index is -0.355. The molecule has 1 rings (SSSR count). The molecular weight excluding hydrogens is 256 g/mol. The SMILES string of the molecule is CCOc1c(Cl)cccc1NC(=O)NCCCO. The molecule has 0 atom stereocenters. The van der Waals surface area contributed by atoms with E-state index in [4.69, 9.17) is 21.4 Å². The highest BCUT2D eigenvalue weighted by Gasteiger charge is 2.10. The second-order valence-corrected chi connectivity index (χ2v) is 3.91. The minimum Gasteiger partial charge on any atom is -0.490 e. The molecule has 18 heavy (non-hydrogen) atoms. The van der Waals surface area contributed by atoms with Gasteiger partial charge in [0.2, 0.25) is 0 Å². The van der Waals surface area contributed by atoms with Crippen molar-refractivity contribution in [3.05, 3.63) is 23.2 Å². The maximum Gasteiger partial charge on any atom is 0.319 e. The molecule has 0 aliphatic rings. The number of hydrogen-bond donors (Lipinski definition) is 3. The van der Waals surface area contributed by atoms with E-state index in [2.05, 4.69) is 10.6 Å². The van der Waals surface area contributed by atoms with Crippen LogP contribution in [0.25, 0.3) is 0 Å². The highest BCUT2D eigenvalue weighted by molar-refractivity contribution is 6.32. The lowest BCUT2D eigenvalue weighted by atomic mass is 10.3. The van der Waals surface area contributed by atoms with Crippen LogP contribution in [0.1, 0.15) is 13.3 Å². The molecule has 1 aromatic rings. The van der Waals surface area contributed by atoms with E-state index in [1.165, 1.54) is 0 Å². The van der Waals surface area contributed by atoms with Crippen LogP contribution in [0.2, 0.25) is 5.02 Å². The maximum atomic E-state index is 11.6. The Bertz CT molecular complexity index is 399. The number of ether oxygens (including phenoxy) is 1. The highest BCUT2D eigenvalue weighted by Crippen LogP contribution is 2.32. The molecule has 0 saturated heterocycles. The first-order valence-electron chi connectivity index (χ1n) is 5.76. The van der Waals surface area contributed by atoms with Gasteiger partial charge in [0.15, 0.2) is 5.75 Å². The van der Waals surface area contributed by atoms with Crippen molar-refractivity contribution in [2.75, 3.05) is 25.1 Å². The number of hydrogen-bond acceptors (Lipinski definition) is 3. The summed E-state index contributed by atoms with van der Waals surface area (Å²) in [6.07, 6.45) is 0.515. The molecule has 0 aliphatic carbocycles. The van der Waals surface area contributed by atoms with Gasteiger partial charge in [0.25, 0.3) is 0 Å². The number of rotatable bonds is 6. The van der Waals surface area contributed by atoms with Crippen molar-refractivity contribution < 1.29 is 14.6 Å². The molecule has 0 bridgehead atoms. The monoisotopic (exact) mass is 272 g/mol. The predicted octanol–water partition coefficient (Wildman–Crippen LogP) is 2.24. The minimum absolute atomic E-state index is 0.0433. The van der Waals surface area contributed by atoms with Crippen molar-refractivity contribution in [2.45, 2.75) is 13.3 Å². The first-order chi connectivity index (χ1) is 8.69. The van der Waals surface area contributed by atoms with Crippen molar-refractivity contribution in [3.63, 3.8) is 0 Å². The average molecular weight is 273 g/mol. The van der Waals surface area contributed by atoms with E-state index < -0.39 is 0 Å². The number of aliphatic hydroxyl groups is 1. The van der Waals surface area contributed by atoms with Crippen LogP contribution in [0, 0.1) is 0 Å². The lowest BCUT2D eigenvalue weighted by molar-refractivity contribution is 0.248. The van der Waals surface area contributed by atoms with Crippen LogP contribution in [0.15, 0.2) is 18.2 Å². The number of carbonyl (C=O) groups excluding carboxylic acids is 1. The Morgan fingerprint density at radius 2 is 2.28 bits per heavy atom. The molecule has 0 radical (unpaired) electrons. The van der Waals surface area contributed by atoms with Crippen LogP contribution < -0.4 is 15.4 Å². The standard InChI is InChI=1S/C12H17ClN2O3/c1-2-18-11-9(13)5-3-6-10(11)15-12(17)14-7-4-8-16/h3,5-6,16H,2,4,7-8H2,1H3,(H2,14,15,17). The molecule has 0 saturated carbocycles. The van der Waals surface area contributed by atoms with Crippen molar-refractivity contribution in [1.29, 1.82) is 0 Å². The Balaban J connectivity index is 2.65. The summed E-state index contributed by atoms with van der Waals surface area (Å²) >= 11 is 5.99. The van der Waals surface area contributed by atoms with Crippen molar-refractivity contribution in [1.82, 2.24) is 5.32 Å². The third-order valence-corrected chi connectivity index (χ3v) is 2.42. The molecule has 3 N–H and O–H groups in total. The van der Waals surface area contributed by atoms with E-state index >= 15 is 0 Å². The Hall–Kier alpha value is -1.46. The largest absolute Gasteiger partial charge is 0.490 e. The summed E-state index contributed by atoms with van der Waals surface area (Å²) in [5.41, 5.74) is 0.519. The van der Waals surface area contributed by atoms with Crippen LogP contribution in [0.5, 0.6) is 5.75 Å². The lowest BCUT2D eigenvalue weighted by Crippen LogP contribution is -2.30. The fourth-order valence-electron chi connectivity index (χ4n) is 1.35. The van der Waals surface area contributed by atoms with Gasteiger partial charge in [-0.1, -0.05) is 17.7 Å². The number of urea groups is 1. The van der Waals surface area contributed by atoms with Gasteiger partial charge >= 0.3 is 6.03 Å². The number of nitrogens with one attached hydrogen (secondary N) is 2. The Labute approximate surface area is 111 Å². The molecule has 5 nitrogen and oxygen atoms in total. The first-order valence-corrected chi connectivity index (χ1v) is 6.13. The topological polar surface area (TPSA) is 70.6 Å². The fourth-order valence-corrected chi connectivity index (χ4v) is 1.57. The van der Waals surface area contributed by atoms with E-state index in [0.717, 1.165) is 0 Å². The van der Waals surface area contributed by atoms with E-state index in [-0.39, 0.29) is 12.6 Å². The number of anilines is 1. The number of para-hydroxylation sites is 1. The quantitative estimate of drug-likeness (QED) is 0.696. The fraction of sp³-hybridized carbons (Fsp3) is 0.417. The maximum absolute atomic E-state index is 11.6. The van der Waals surface area contributed by atoms with Crippen molar-refractivity contribution >= 4 is 23.3 Å². The molecule has 0 aromatic heterocycles. The van der Waals surface area contributed by atoms with E-state index in [0.29, 0.717) is 36.0 Å². The number of amides is 2. The summed E-state index contributed by atoms with van der Waals surface area (Å²) in [5, 5.41) is 14.3. The summed E-state index contributed by atoms with van der Waals surface area (Å²) in [5.74, 6) is 0.457. The van der Waals surface area contributed by atoms with Crippen LogP contribution in [0.4, 0.5) is 10.5 Å². The summed E-state index contributed by atoms with van der Waals surface area (Å²) in [4.78, 5) is 11.6. The van der Waals surface area contributed by atoms with E-state index in [1.807, 2.05) is 6.92 Å². The molecular formula is C12H17ClN2O3. The second kappa shape index (κ2) is 7.79. The zero-order valence-corrected chi connectivity index (χ0v) is 11.0. The summed E-state index contributed by atoms with van der Waals surface area (Å²) in [6.45, 7) is 2.76. The molecule has 0 aliphatic heterocycles. The van der Waals surface area contributed by atoms with Crippen LogP contribution >= 0.6 is 11.6 Å². The van der Waals surface area contributed by atoms with Gasteiger partial charge < -0.3 is 20.5 Å². The van der Waals surface area contributed by atoms with Gasteiger partial charge in [-0.3, -0.25) is 0 Å². The molecule has 1 aromatic carbocycles. The number of halogens is 1. The predicted molar refractivity (Wildman–Crippen MR) is 71.3 cm³/mol. The van der Waals surface area contributed by atoms with Crippen LogP contribution in [0.3, 0.4) is 0 Å². The zero-order valence-electron chi connectivity index (χ0n) is 10.2. The van der Waals surface area contributed by atoms with E-state index in [9.17, 15) is 4.79 Å². The molecule has 2 amide bonds. The normalized spacial score (nSPS) is 9.94. The third kappa shape index (κ3) is 4.43. The Kier molecular flexibility index (Phi) is 6.32. The van der Waals surface area contributed by atoms with Crippen LogP contribution in [-0.4, -0.2) is 30.9 Å². The third-order valence-electron chi connectivity index (χ3n) is 2.12. The Morgan fingerprint density at radius 1 is 1.50 bits per heavy atom. The highest BCUT2D eigenvalue weighted by atomic mass is 35.5. The van der Waals surface area contributed by atoms with Gasteiger partial charge in [-0.25, -0.2) is 4.79 Å². The Morgan fingerprint density at radius 3 is 2.94 bits per heavy atom. The number of benzene rings is 1. The van der Waals surface area contributed by atoms with Gasteiger partial charge in [0, 0.05) is 13.2 Å². The summed E-state index contributed by atoms with van der Waals surface area (Å²) in [6, 6.07) is 4.78. The summed E-state index contributed by atoms with van der Waals surface area (Å²) in [7, 11) is 0. The van der Waals surface area contributed by atoms with Gasteiger partial charge in [-0.05, 0) is 25.5 Å². The van der Waals surface area contributed by atoms with Gasteiger partial charge in [-0.15, -0.1) is 0 Å². The zero-order chi connectivity index (χ0) is 13.4. The lowest BCUT2D eigenvalue weighted by Gasteiger charge is -2.13. The molecule has 0 unspecified atom stereocenters. The number of carbonyl (C=O) groups is 1. The molecule has 6 heteroatoms. The van der Waals surface area contributed by atoms with Crippen LogP contribution in [-0.2, 0) is 0 Å². The van der Waals surface area contributed by atoms with Crippen molar-refractivity contribution in [2.24, 2.45) is 0 Å². The molecule has 0 heterocycles. The second-order valence-electron chi connectivity index (χ2n) is 3.51. The summed E-state index contributed by atoms with van der Waals surface area (Å²) < 4.78 is 5.38. The molecule has 100 valence electrons.